The summed E-state index contributed by atoms with van der Waals surface area (Å²) in [5.74, 6) is -1.61. The number of halogens is 2. The molecule has 25 heavy (non-hydrogen) atoms. The first kappa shape index (κ1) is 17.2. The van der Waals surface area contributed by atoms with Gasteiger partial charge in [0.2, 0.25) is 10.0 Å². The molecule has 0 bridgehead atoms. The van der Waals surface area contributed by atoms with Gasteiger partial charge in [0, 0.05) is 12.3 Å². The van der Waals surface area contributed by atoms with Crippen molar-refractivity contribution in [1.29, 1.82) is 0 Å². The highest BCUT2D eigenvalue weighted by Gasteiger charge is 2.29. The maximum Gasteiger partial charge on any atom is 0.246 e. The second-order valence-corrected chi connectivity index (χ2v) is 7.15. The van der Waals surface area contributed by atoms with Gasteiger partial charge in [-0.05, 0) is 36.4 Å². The molecule has 0 saturated carbocycles. The molecule has 0 fully saturated rings. The van der Waals surface area contributed by atoms with Crippen molar-refractivity contribution >= 4 is 10.0 Å². The van der Waals surface area contributed by atoms with Gasteiger partial charge in [0.05, 0.1) is 25.0 Å². The normalized spacial score (nSPS) is 11.8. The van der Waals surface area contributed by atoms with Gasteiger partial charge in [-0.15, -0.1) is 0 Å². The molecule has 3 rings (SSSR count). The van der Waals surface area contributed by atoms with E-state index in [2.05, 4.69) is 4.98 Å². The number of rotatable bonds is 6. The van der Waals surface area contributed by atoms with Crippen molar-refractivity contribution in [3.63, 3.8) is 0 Å². The van der Waals surface area contributed by atoms with Crippen LogP contribution in [0.1, 0.15) is 11.5 Å². The Morgan fingerprint density at radius 1 is 1.04 bits per heavy atom. The van der Waals surface area contributed by atoms with Crippen LogP contribution < -0.4 is 0 Å². The molecule has 2 heterocycles. The predicted octanol–water partition coefficient (Wildman–Crippen LogP) is 3.34. The maximum absolute atomic E-state index is 14.0. The van der Waals surface area contributed by atoms with Crippen molar-refractivity contribution < 1.29 is 21.6 Å². The van der Waals surface area contributed by atoms with Crippen LogP contribution in [0, 0.1) is 11.6 Å². The molecular weight excluding hydrogens is 350 g/mol. The first-order chi connectivity index (χ1) is 12.0. The minimum atomic E-state index is -4.23. The van der Waals surface area contributed by atoms with Gasteiger partial charge in [-0.1, -0.05) is 6.07 Å². The van der Waals surface area contributed by atoms with E-state index in [1.54, 1.807) is 30.3 Å². The second-order valence-electron chi connectivity index (χ2n) is 5.25. The quantitative estimate of drug-likeness (QED) is 0.673. The van der Waals surface area contributed by atoms with Gasteiger partial charge in [0.15, 0.2) is 0 Å². The highest BCUT2D eigenvalue weighted by Crippen LogP contribution is 2.23. The van der Waals surface area contributed by atoms with Crippen molar-refractivity contribution in [2.75, 3.05) is 0 Å². The topological polar surface area (TPSA) is 63.4 Å². The lowest BCUT2D eigenvalue weighted by atomic mass is 10.3. The average molecular weight is 364 g/mol. The molecule has 0 N–H and O–H groups in total. The lowest BCUT2D eigenvalue weighted by molar-refractivity contribution is 0.353. The molecule has 3 aromatic rings. The van der Waals surface area contributed by atoms with E-state index in [1.165, 1.54) is 12.5 Å². The van der Waals surface area contributed by atoms with Crippen LogP contribution >= 0.6 is 0 Å². The van der Waals surface area contributed by atoms with E-state index in [4.69, 9.17) is 4.42 Å². The van der Waals surface area contributed by atoms with Crippen LogP contribution in [-0.2, 0) is 23.1 Å². The highest BCUT2D eigenvalue weighted by molar-refractivity contribution is 7.89. The van der Waals surface area contributed by atoms with E-state index >= 15 is 0 Å². The summed E-state index contributed by atoms with van der Waals surface area (Å²) in [4.78, 5) is 3.50. The monoisotopic (exact) mass is 364 g/mol. The minimum Gasteiger partial charge on any atom is -0.468 e. The van der Waals surface area contributed by atoms with E-state index in [0.29, 0.717) is 17.5 Å². The summed E-state index contributed by atoms with van der Waals surface area (Å²) >= 11 is 0. The molecule has 5 nitrogen and oxygen atoms in total. The zero-order chi connectivity index (χ0) is 17.9. The maximum atomic E-state index is 14.0. The molecular formula is C17H14F2N2O3S. The van der Waals surface area contributed by atoms with Crippen molar-refractivity contribution in [2.45, 2.75) is 18.0 Å². The van der Waals surface area contributed by atoms with Crippen molar-refractivity contribution in [3.05, 3.63) is 84.1 Å². The van der Waals surface area contributed by atoms with Crippen molar-refractivity contribution in [2.24, 2.45) is 0 Å². The third-order valence-corrected chi connectivity index (χ3v) is 5.31. The predicted molar refractivity (Wildman–Crippen MR) is 85.7 cm³/mol. The first-order valence-corrected chi connectivity index (χ1v) is 8.78. The molecule has 2 aromatic heterocycles. The molecule has 0 radical (unpaired) electrons. The standard InChI is InChI=1S/C17H14F2N2O3S/c18-13-6-7-17(16(19)10-13)25(22,23)21(12-15-5-3-9-24-15)11-14-4-1-2-8-20-14/h1-10H,11-12H2. The van der Waals surface area contributed by atoms with Gasteiger partial charge in [-0.2, -0.15) is 4.31 Å². The number of pyridine rings is 1. The van der Waals surface area contributed by atoms with Crippen LogP contribution in [0.3, 0.4) is 0 Å². The van der Waals surface area contributed by atoms with Crippen LogP contribution in [0.2, 0.25) is 0 Å². The smallest absolute Gasteiger partial charge is 0.246 e. The van der Waals surface area contributed by atoms with E-state index in [-0.39, 0.29) is 13.1 Å². The Morgan fingerprint density at radius 3 is 2.52 bits per heavy atom. The number of hydrogen-bond donors (Lipinski definition) is 0. The van der Waals surface area contributed by atoms with Crippen LogP contribution in [0.4, 0.5) is 8.78 Å². The van der Waals surface area contributed by atoms with Gasteiger partial charge < -0.3 is 4.42 Å². The lowest BCUT2D eigenvalue weighted by Gasteiger charge is -2.21. The first-order valence-electron chi connectivity index (χ1n) is 7.34. The van der Waals surface area contributed by atoms with Crippen molar-refractivity contribution in [1.82, 2.24) is 9.29 Å². The van der Waals surface area contributed by atoms with Crippen LogP contribution in [0.5, 0.6) is 0 Å². The third kappa shape index (κ3) is 3.92. The Hall–Kier alpha value is -2.58. The van der Waals surface area contributed by atoms with Crippen molar-refractivity contribution in [3.8, 4) is 0 Å². The van der Waals surface area contributed by atoms with Crippen LogP contribution in [0.15, 0.2) is 70.3 Å². The molecule has 1 aromatic carbocycles. The fraction of sp³-hybridized carbons (Fsp3) is 0.118. The molecule has 0 aliphatic rings. The van der Waals surface area contributed by atoms with Crippen LogP contribution in [0.25, 0.3) is 0 Å². The molecule has 0 saturated heterocycles. The Kier molecular flexibility index (Phi) is 4.91. The SMILES string of the molecule is O=S(=O)(c1ccc(F)cc1F)N(Cc1ccccn1)Cc1ccco1. The summed E-state index contributed by atoms with van der Waals surface area (Å²) in [5.41, 5.74) is 0.486. The van der Waals surface area contributed by atoms with Gasteiger partial charge >= 0.3 is 0 Å². The molecule has 0 unspecified atom stereocenters. The molecule has 8 heteroatoms. The molecule has 0 aliphatic carbocycles. The fourth-order valence-corrected chi connectivity index (χ4v) is 3.72. The average Bonchev–Trinajstić information content (AvgIpc) is 3.08. The molecule has 0 amide bonds. The molecule has 130 valence electrons. The number of furan rings is 1. The third-order valence-electron chi connectivity index (χ3n) is 3.49. The Labute approximate surface area is 143 Å². The molecule has 0 aliphatic heterocycles. The lowest BCUT2D eigenvalue weighted by Crippen LogP contribution is -2.31. The van der Waals surface area contributed by atoms with Gasteiger partial charge in [-0.3, -0.25) is 4.98 Å². The summed E-state index contributed by atoms with van der Waals surface area (Å²) in [6.07, 6.45) is 2.95. The summed E-state index contributed by atoms with van der Waals surface area (Å²) < 4.78 is 59.2. The Morgan fingerprint density at radius 2 is 1.88 bits per heavy atom. The van der Waals surface area contributed by atoms with Gasteiger partial charge in [-0.25, -0.2) is 17.2 Å². The van der Waals surface area contributed by atoms with Gasteiger partial charge in [0.1, 0.15) is 22.3 Å². The largest absolute Gasteiger partial charge is 0.468 e. The van der Waals surface area contributed by atoms with E-state index in [1.807, 2.05) is 0 Å². The number of nitrogens with zero attached hydrogens (tertiary/aromatic N) is 2. The zero-order valence-corrected chi connectivity index (χ0v) is 13.8. The zero-order valence-electron chi connectivity index (χ0n) is 13.0. The number of hydrogen-bond acceptors (Lipinski definition) is 4. The number of benzene rings is 1. The summed E-state index contributed by atoms with van der Waals surface area (Å²) in [6.45, 7) is -0.191. The van der Waals surface area contributed by atoms with Crippen LogP contribution in [-0.4, -0.2) is 17.7 Å². The second kappa shape index (κ2) is 7.12. The van der Waals surface area contributed by atoms with Gasteiger partial charge in [0.25, 0.3) is 0 Å². The van der Waals surface area contributed by atoms with E-state index in [0.717, 1.165) is 16.4 Å². The Balaban J connectivity index is 1.99. The summed E-state index contributed by atoms with van der Waals surface area (Å²) in [6, 6.07) is 10.7. The minimum absolute atomic E-state index is 0.0826. The molecule has 0 atom stereocenters. The fourth-order valence-electron chi connectivity index (χ4n) is 2.30. The van der Waals surface area contributed by atoms with E-state index in [9.17, 15) is 17.2 Å². The highest BCUT2D eigenvalue weighted by atomic mass is 32.2. The molecule has 0 spiro atoms. The number of sulfonamides is 1. The van der Waals surface area contributed by atoms with E-state index < -0.39 is 26.6 Å². The summed E-state index contributed by atoms with van der Waals surface area (Å²) in [5, 5.41) is 0. The summed E-state index contributed by atoms with van der Waals surface area (Å²) in [7, 11) is -4.23. The Bertz CT molecular complexity index is 945. The number of aromatic nitrogens is 1.